The molecule has 824 valence electrons. The molecule has 14 rings (SSSR count). The fourth-order valence-corrected chi connectivity index (χ4v) is 19.3. The molecule has 0 radical (unpaired) electrons. The number of aromatic nitrogens is 8. The number of nitrogens with zero attached hydrogens (tertiary/aromatic N) is 7. The van der Waals surface area contributed by atoms with E-state index in [1.54, 1.807) is 41.8 Å². The molecule has 149 heavy (non-hydrogen) atoms. The van der Waals surface area contributed by atoms with E-state index in [1.807, 2.05) is 48.5 Å². The van der Waals surface area contributed by atoms with Crippen LogP contribution in [-0.2, 0) is 84.1 Å². The van der Waals surface area contributed by atoms with Gasteiger partial charge in [-0.2, -0.15) is 0 Å². The van der Waals surface area contributed by atoms with Crippen LogP contribution in [0.15, 0.2) is 110 Å². The highest BCUT2D eigenvalue weighted by atomic mass is 16.7. The highest BCUT2D eigenvalue weighted by Crippen LogP contribution is 2.35. The average molecular weight is 2100 g/mol. The number of nitrogens with two attached hydrogens (primary N) is 12. The summed E-state index contributed by atoms with van der Waals surface area (Å²) in [7, 11) is 2.42. The maximum atomic E-state index is 13.3. The van der Waals surface area contributed by atoms with Crippen molar-refractivity contribution in [2.75, 3.05) is 86.4 Å². The number of aliphatic hydroxyl groups excluding tert-OH is 9. The number of aromatic amines is 2. The first kappa shape index (κ1) is 118. The molecular formula is C98H151N25O26. The Balaban J connectivity index is 0.000000201. The van der Waals surface area contributed by atoms with Gasteiger partial charge in [0.2, 0.25) is 11.8 Å². The van der Waals surface area contributed by atoms with Gasteiger partial charge in [-0.1, -0.05) is 74.9 Å². The molecule has 6 aromatic heterocycles. The van der Waals surface area contributed by atoms with Crippen LogP contribution in [0.25, 0.3) is 43.6 Å². The SMILES string of the molecule is COC(=O)C(Cc1cnc[nH]1)NC(=O)CN(CCCCCCOC1C(O)C(N)CC(N)C1OC1OC(CN)C(O)C(O)C1N)CC(=O)NC(Cc1cnc[nH]1)C(=O)OC.NCC1OC(OC2C(N)CC(N)C(O)C2O)C(N)C(O)C1OCCCCCCNC(=O)c1ccnc2c1ccc1cccnc12.NCC1OC(OC2C(N)CC(N)C(O)C2OCCCCCCNC(=O)c2ccnc3c2ccc2cccnc23)C(N)C(O)C1O. The van der Waals surface area contributed by atoms with Crippen molar-refractivity contribution >= 4 is 79.2 Å². The summed E-state index contributed by atoms with van der Waals surface area (Å²) in [6.07, 6.45) is 0.0458. The van der Waals surface area contributed by atoms with Crippen LogP contribution in [-0.4, -0.2) is 408 Å². The first-order valence-electron chi connectivity index (χ1n) is 50.7. The Labute approximate surface area is 860 Å². The van der Waals surface area contributed by atoms with Gasteiger partial charge in [-0.15, -0.1) is 0 Å². The van der Waals surface area contributed by atoms with Crippen molar-refractivity contribution in [3.63, 3.8) is 0 Å². The van der Waals surface area contributed by atoms with Gasteiger partial charge < -0.3 is 198 Å². The highest BCUT2D eigenvalue weighted by molar-refractivity contribution is 6.13. The number of carbonyl (C=O) groups excluding carboxylic acids is 6. The lowest BCUT2D eigenvalue weighted by molar-refractivity contribution is -0.293. The predicted molar refractivity (Wildman–Crippen MR) is 540 cm³/mol. The zero-order valence-corrected chi connectivity index (χ0v) is 83.7. The molecule has 39 N–H and O–H groups in total. The zero-order valence-electron chi connectivity index (χ0n) is 83.7. The number of nitrogens with one attached hydrogen (secondary N) is 6. The number of rotatable bonds is 47. The minimum Gasteiger partial charge on any atom is -0.467 e. The Bertz CT molecular complexity index is 5400. The number of esters is 2. The van der Waals surface area contributed by atoms with Crippen molar-refractivity contribution in [2.24, 2.45) is 68.8 Å². The summed E-state index contributed by atoms with van der Waals surface area (Å²) in [4.78, 5) is 111. The fourth-order valence-electron chi connectivity index (χ4n) is 19.3. The molecule has 3 saturated heterocycles. The lowest BCUT2D eigenvalue weighted by atomic mass is 9.84. The molecule has 0 spiro atoms. The maximum absolute atomic E-state index is 13.3. The van der Waals surface area contributed by atoms with Gasteiger partial charge in [0.15, 0.2) is 18.9 Å². The molecule has 51 heteroatoms. The second kappa shape index (κ2) is 57.7. The number of fused-ring (bicyclic) bond motifs is 6. The average Bonchev–Trinajstić information content (AvgIpc) is 1.31. The Kier molecular flexibility index (Phi) is 45.6. The van der Waals surface area contributed by atoms with Gasteiger partial charge in [0.25, 0.3) is 11.8 Å². The van der Waals surface area contributed by atoms with Crippen molar-refractivity contribution < 1.29 is 127 Å². The third-order valence-electron chi connectivity index (χ3n) is 27.8. The number of aliphatic hydroxyl groups is 9. The largest absolute Gasteiger partial charge is 0.467 e. The van der Waals surface area contributed by atoms with Gasteiger partial charge in [0.1, 0.15) is 104 Å². The molecule has 4 amide bonds. The number of methoxy groups -OCH3 is 2. The molecule has 32 unspecified atom stereocenters. The molecule has 3 aliphatic carbocycles. The van der Waals surface area contributed by atoms with Gasteiger partial charge in [-0.3, -0.25) is 44.0 Å². The third kappa shape index (κ3) is 31.2. The minimum absolute atomic E-state index is 0.0419. The number of hydrogen-bond acceptors (Lipinski definition) is 45. The van der Waals surface area contributed by atoms with E-state index in [9.17, 15) is 74.7 Å². The standard InChI is InChI=1S/C36H61N11O12.2C31H45N7O7/c1-55-34(53)23(9-19-13-41-17-43-19)45-26(48)15-47(16-27(49)46-24(35(54)56-2)10-20-14-42-18-44-20)7-5-3-4-6-8-57-33-29(50)21(38)11-22(39)32(33)59-36-28(40)31(52)30(51)25(12-37)58-36;32-15-21-29(26(40)22(35)31(44-21)45-28-20(34)14-19(33)25(39)27(28)41)43-13-4-2-1-3-10-38-30(42)18-9-12-37-24-17(18)8-7-16-6-5-11-36-23(16)24;32-15-21-26(40)27(41)22(35)31(44-21)45-28-20(34)14-19(33)25(39)29(28)43-13-4-2-1-3-10-38-30(42)18-9-12-37-24-17(18)8-7-16-6-5-11-36-23(16)24/h13-14,17-18,21-25,28-33,36,50-52H,3-12,15-16,37-40H2,1-2H3,(H,41,43)(H,42,44)(H,45,48)(H,46,49);2*5-9,11-12,19-22,25-29,31,39-41H,1-4,10,13-15,32-35H2,(H,38,42). The first-order valence-corrected chi connectivity index (χ1v) is 50.7. The van der Waals surface area contributed by atoms with Crippen molar-refractivity contribution in [3.8, 4) is 0 Å². The van der Waals surface area contributed by atoms with E-state index in [1.165, 1.54) is 39.3 Å². The molecule has 6 aliphatic rings. The lowest BCUT2D eigenvalue weighted by Crippen LogP contribution is -2.67. The monoisotopic (exact) mass is 2090 g/mol. The normalized spacial score (nSPS) is 30.6. The van der Waals surface area contributed by atoms with E-state index >= 15 is 0 Å². The van der Waals surface area contributed by atoms with Crippen LogP contribution < -0.4 is 90.1 Å². The Hall–Kier alpha value is -9.92. The van der Waals surface area contributed by atoms with Crippen LogP contribution in [0.5, 0.6) is 0 Å². The van der Waals surface area contributed by atoms with Crippen LogP contribution >= 0.6 is 0 Å². The van der Waals surface area contributed by atoms with Gasteiger partial charge in [0, 0.05) is 172 Å². The van der Waals surface area contributed by atoms with Crippen LogP contribution in [0, 0.1) is 0 Å². The zero-order chi connectivity index (χ0) is 107. The second-order valence-electron chi connectivity index (χ2n) is 38.6. The van der Waals surface area contributed by atoms with E-state index in [0.29, 0.717) is 98.5 Å². The smallest absolute Gasteiger partial charge is 0.328 e. The second-order valence-corrected chi connectivity index (χ2v) is 38.6. The lowest BCUT2D eigenvalue weighted by Gasteiger charge is -2.46. The topological polar surface area (TPSA) is 859 Å². The first-order chi connectivity index (χ1) is 71.7. The predicted octanol–water partition coefficient (Wildman–Crippen LogP) is -6.99. The van der Waals surface area contributed by atoms with E-state index in [0.717, 1.165) is 77.5 Å². The van der Waals surface area contributed by atoms with Crippen LogP contribution in [0.3, 0.4) is 0 Å². The number of pyridine rings is 4. The number of H-pyrrole nitrogens is 2. The molecular weight excluding hydrogens is 1940 g/mol. The minimum atomic E-state index is -1.37. The summed E-state index contributed by atoms with van der Waals surface area (Å²) >= 11 is 0. The molecule has 8 aromatic rings. The van der Waals surface area contributed by atoms with Crippen LogP contribution in [0.4, 0.5) is 0 Å². The Morgan fingerprint density at radius 1 is 0.403 bits per heavy atom. The van der Waals surface area contributed by atoms with E-state index in [-0.39, 0.29) is 83.2 Å². The number of hydrogen-bond donors (Lipinski definition) is 27. The highest BCUT2D eigenvalue weighted by Gasteiger charge is 2.53. The number of amides is 4. The van der Waals surface area contributed by atoms with Crippen molar-refractivity contribution in [2.45, 2.75) is 304 Å². The van der Waals surface area contributed by atoms with E-state index in [4.69, 9.17) is 121 Å². The van der Waals surface area contributed by atoms with Gasteiger partial charge in [0.05, 0.1) is 110 Å². The molecule has 9 heterocycles. The van der Waals surface area contributed by atoms with Gasteiger partial charge in [-0.05, 0) is 88.6 Å². The summed E-state index contributed by atoms with van der Waals surface area (Å²) < 4.78 is 63.3. The van der Waals surface area contributed by atoms with Crippen molar-refractivity contribution in [1.82, 2.24) is 66.0 Å². The number of carbonyl (C=O) groups is 6. The number of ether oxygens (including phenoxy) is 11. The van der Waals surface area contributed by atoms with Gasteiger partial charge in [-0.25, -0.2) is 19.6 Å². The molecule has 0 bridgehead atoms. The van der Waals surface area contributed by atoms with Crippen molar-refractivity contribution in [3.05, 3.63) is 133 Å². The number of benzene rings is 2. The van der Waals surface area contributed by atoms with E-state index in [2.05, 4.69) is 61.1 Å². The molecule has 3 saturated carbocycles. The quantitative estimate of drug-likeness (QED) is 0.00957. The third-order valence-corrected chi connectivity index (χ3v) is 27.8. The molecule has 51 nitrogen and oxygen atoms in total. The molecule has 3 aliphatic heterocycles. The Morgan fingerprint density at radius 2 is 0.779 bits per heavy atom. The number of imidazole rings is 2. The van der Waals surface area contributed by atoms with Crippen LogP contribution in [0.2, 0.25) is 0 Å². The van der Waals surface area contributed by atoms with Crippen LogP contribution in [0.1, 0.15) is 128 Å². The molecule has 2 aromatic carbocycles. The summed E-state index contributed by atoms with van der Waals surface area (Å²) in [6, 6.07) is 9.70. The summed E-state index contributed by atoms with van der Waals surface area (Å²) in [5, 5.41) is 109. The van der Waals surface area contributed by atoms with Gasteiger partial charge >= 0.3 is 11.9 Å². The summed E-state index contributed by atoms with van der Waals surface area (Å²) in [5.74, 6) is -2.71. The Morgan fingerprint density at radius 3 is 1.19 bits per heavy atom. The van der Waals surface area contributed by atoms with Crippen molar-refractivity contribution in [1.29, 1.82) is 0 Å². The summed E-state index contributed by atoms with van der Waals surface area (Å²) in [6.45, 7) is 1.59. The number of unbranched alkanes of at least 4 members (excludes halogenated alkanes) is 9. The maximum Gasteiger partial charge on any atom is 0.328 e. The molecule has 32 atom stereocenters. The summed E-state index contributed by atoms with van der Waals surface area (Å²) in [5.41, 5.74) is 77.9. The molecule has 6 fully saturated rings. The van der Waals surface area contributed by atoms with E-state index < -0.39 is 219 Å². The fraction of sp³-hybridized carbons (Fsp3) is 0.633.